The summed E-state index contributed by atoms with van der Waals surface area (Å²) < 4.78 is 0. The molecule has 2 aliphatic rings. The topological polar surface area (TPSA) is 56.9 Å². The number of amides is 1. The van der Waals surface area contributed by atoms with Gasteiger partial charge in [-0.1, -0.05) is 29.8 Å². The van der Waals surface area contributed by atoms with Gasteiger partial charge in [0, 0.05) is 11.6 Å². The Labute approximate surface area is 110 Å². The van der Waals surface area contributed by atoms with Gasteiger partial charge in [-0.15, -0.1) is 0 Å². The van der Waals surface area contributed by atoms with E-state index >= 15 is 0 Å². The molecule has 0 spiro atoms. The molecule has 1 unspecified atom stereocenters. The van der Waals surface area contributed by atoms with Crippen molar-refractivity contribution in [2.75, 3.05) is 0 Å². The molecule has 0 aromatic heterocycles. The van der Waals surface area contributed by atoms with Crippen LogP contribution in [0.2, 0.25) is 0 Å². The molecule has 94 valence electrons. The first kappa shape index (κ1) is 11.8. The monoisotopic (exact) mass is 252 g/mol. The lowest BCUT2D eigenvalue weighted by molar-refractivity contribution is -0.744. The maximum Gasteiger partial charge on any atom is 0.283 e. The van der Waals surface area contributed by atoms with Gasteiger partial charge >= 0.3 is 0 Å². The summed E-state index contributed by atoms with van der Waals surface area (Å²) in [6.45, 7) is 1.99. The Bertz CT molecular complexity index is 664. The summed E-state index contributed by atoms with van der Waals surface area (Å²) in [5, 5.41) is 11.7. The molecular weight excluding hydrogens is 240 g/mol. The summed E-state index contributed by atoms with van der Waals surface area (Å²) in [5.74, 6) is -0.356. The van der Waals surface area contributed by atoms with Crippen molar-refractivity contribution >= 4 is 11.6 Å². The van der Waals surface area contributed by atoms with E-state index in [0.717, 1.165) is 11.1 Å². The number of nitrogens with zero attached hydrogens (tertiary/aromatic N) is 1. The van der Waals surface area contributed by atoms with E-state index in [1.807, 2.05) is 31.2 Å². The molecule has 2 heterocycles. The summed E-state index contributed by atoms with van der Waals surface area (Å²) in [4.78, 5) is 16.0. The molecule has 1 atom stereocenters. The molecule has 0 aliphatic carbocycles. The highest BCUT2D eigenvalue weighted by Gasteiger charge is 2.26. The molecule has 1 amide bonds. The van der Waals surface area contributed by atoms with Crippen molar-refractivity contribution in [1.29, 1.82) is 0 Å². The Balaban J connectivity index is 2.06. The number of carbonyl (C=O) groups is 1. The van der Waals surface area contributed by atoms with Crippen molar-refractivity contribution in [2.24, 2.45) is 4.99 Å². The number of benzene rings is 1. The third kappa shape index (κ3) is 2.07. The van der Waals surface area contributed by atoms with Crippen LogP contribution < -0.4 is 5.06 Å². The van der Waals surface area contributed by atoms with Gasteiger partial charge < -0.3 is 10.3 Å². The third-order valence-electron chi connectivity index (χ3n) is 3.15. The Morgan fingerprint density at radius 2 is 1.95 bits per heavy atom. The van der Waals surface area contributed by atoms with Crippen LogP contribution in [0.15, 0.2) is 65.0 Å². The van der Waals surface area contributed by atoms with Gasteiger partial charge in [0.25, 0.3) is 5.91 Å². The van der Waals surface area contributed by atoms with E-state index in [0.29, 0.717) is 17.0 Å². The molecule has 1 N–H and O–H groups in total. The molecule has 19 heavy (non-hydrogen) atoms. The van der Waals surface area contributed by atoms with E-state index in [2.05, 4.69) is 4.99 Å². The first-order chi connectivity index (χ1) is 9.15. The number of allylic oxidation sites excluding steroid dienone is 3. The van der Waals surface area contributed by atoms with Crippen LogP contribution >= 0.6 is 0 Å². The van der Waals surface area contributed by atoms with Gasteiger partial charge in [0.15, 0.2) is 5.70 Å². The number of aliphatic imine (C=N–C) groups is 1. The molecule has 1 aromatic rings. The number of nitrogens with one attached hydrogen (secondary N) is 1. The van der Waals surface area contributed by atoms with Crippen LogP contribution in [0.1, 0.15) is 11.1 Å². The highest BCUT2D eigenvalue weighted by atomic mass is 16.5. The molecule has 4 heteroatoms. The second-order valence-corrected chi connectivity index (χ2v) is 4.53. The lowest BCUT2D eigenvalue weighted by atomic mass is 10.00. The van der Waals surface area contributed by atoms with Crippen molar-refractivity contribution in [3.05, 3.63) is 76.3 Å². The SMILES string of the molecule is Cc1ccc(C2=NC(=O)C3=CC=C[NH+]([O-])C3=C2)cc1. The third-order valence-corrected chi connectivity index (χ3v) is 3.15. The molecule has 1 aromatic carbocycles. The fourth-order valence-corrected chi connectivity index (χ4v) is 2.09. The molecule has 2 aliphatic heterocycles. The highest BCUT2D eigenvalue weighted by Crippen LogP contribution is 2.18. The number of quaternary nitrogens is 1. The zero-order valence-corrected chi connectivity index (χ0v) is 10.4. The van der Waals surface area contributed by atoms with Gasteiger partial charge in [-0.3, -0.25) is 4.79 Å². The predicted octanol–water partition coefficient (Wildman–Crippen LogP) is 1.04. The Morgan fingerprint density at radius 1 is 1.21 bits per heavy atom. The number of hydrogen-bond acceptors (Lipinski definition) is 2. The first-order valence-corrected chi connectivity index (χ1v) is 6.00. The number of aryl methyl sites for hydroxylation is 1. The molecule has 0 bridgehead atoms. The van der Waals surface area contributed by atoms with Crippen LogP contribution in [0.3, 0.4) is 0 Å². The van der Waals surface area contributed by atoms with E-state index in [-0.39, 0.29) is 11.0 Å². The van der Waals surface area contributed by atoms with Crippen LogP contribution in [0.5, 0.6) is 0 Å². The molecule has 0 radical (unpaired) electrons. The van der Waals surface area contributed by atoms with Crippen molar-refractivity contribution in [3.63, 3.8) is 0 Å². The number of dihydropyridines is 1. The van der Waals surface area contributed by atoms with E-state index in [4.69, 9.17) is 0 Å². The zero-order chi connectivity index (χ0) is 13.4. The van der Waals surface area contributed by atoms with E-state index in [1.54, 1.807) is 18.2 Å². The summed E-state index contributed by atoms with van der Waals surface area (Å²) in [7, 11) is 0. The Morgan fingerprint density at radius 3 is 2.68 bits per heavy atom. The van der Waals surface area contributed by atoms with Gasteiger partial charge in [-0.2, -0.15) is 0 Å². The normalized spacial score (nSPS) is 21.5. The van der Waals surface area contributed by atoms with Gasteiger partial charge in [-0.05, 0) is 19.1 Å². The molecular formula is C15H12N2O2. The van der Waals surface area contributed by atoms with Crippen molar-refractivity contribution in [1.82, 2.24) is 0 Å². The fourth-order valence-electron chi connectivity index (χ4n) is 2.09. The van der Waals surface area contributed by atoms with Crippen LogP contribution in [0.25, 0.3) is 0 Å². The van der Waals surface area contributed by atoms with E-state index < -0.39 is 0 Å². The first-order valence-electron chi connectivity index (χ1n) is 6.00. The van der Waals surface area contributed by atoms with Gasteiger partial charge in [-0.25, -0.2) is 4.99 Å². The van der Waals surface area contributed by atoms with Crippen molar-refractivity contribution in [2.45, 2.75) is 6.92 Å². The maximum atomic E-state index is 11.9. The van der Waals surface area contributed by atoms with E-state index in [9.17, 15) is 10.0 Å². The summed E-state index contributed by atoms with van der Waals surface area (Å²) in [5.41, 5.74) is 3.33. The van der Waals surface area contributed by atoms with Gasteiger partial charge in [0.2, 0.25) is 0 Å². The summed E-state index contributed by atoms with van der Waals surface area (Å²) in [6, 6.07) is 7.70. The molecule has 3 rings (SSSR count). The Hall–Kier alpha value is -2.30. The van der Waals surface area contributed by atoms with Crippen LogP contribution in [-0.2, 0) is 4.79 Å². The number of rotatable bonds is 1. The molecule has 0 fully saturated rings. The average molecular weight is 252 g/mol. The maximum absolute atomic E-state index is 11.9. The number of hydrogen-bond donors (Lipinski definition) is 1. The van der Waals surface area contributed by atoms with Crippen molar-refractivity contribution < 1.29 is 9.86 Å². The van der Waals surface area contributed by atoms with Crippen LogP contribution in [0, 0.1) is 12.1 Å². The van der Waals surface area contributed by atoms with Crippen LogP contribution in [0.4, 0.5) is 0 Å². The fraction of sp³-hybridized carbons (Fsp3) is 0.0667. The predicted molar refractivity (Wildman–Crippen MR) is 72.4 cm³/mol. The highest BCUT2D eigenvalue weighted by molar-refractivity contribution is 6.20. The minimum absolute atomic E-state index is 0.148. The summed E-state index contributed by atoms with van der Waals surface area (Å²) in [6.07, 6.45) is 6.36. The van der Waals surface area contributed by atoms with Crippen LogP contribution in [-0.4, -0.2) is 11.6 Å². The molecule has 0 saturated carbocycles. The lowest BCUT2D eigenvalue weighted by Gasteiger charge is -2.25. The average Bonchev–Trinajstić information content (AvgIpc) is 2.41. The minimum atomic E-state index is -0.356. The standard InChI is InChI=1S/C15H12N2O2/c1-10-4-6-11(7-5-10)13-9-14-12(15(18)16-13)3-2-8-17(14)19/h2-9,17H,1H3. The quantitative estimate of drug-likeness (QED) is 0.759. The summed E-state index contributed by atoms with van der Waals surface area (Å²) >= 11 is 0. The minimum Gasteiger partial charge on any atom is -0.624 e. The second kappa shape index (κ2) is 4.42. The second-order valence-electron chi connectivity index (χ2n) is 4.53. The number of carbonyl (C=O) groups excluding carboxylic acids is 1. The van der Waals surface area contributed by atoms with Gasteiger partial charge in [0.1, 0.15) is 5.57 Å². The van der Waals surface area contributed by atoms with Crippen molar-refractivity contribution in [3.8, 4) is 0 Å². The number of fused-ring (bicyclic) bond motifs is 1. The van der Waals surface area contributed by atoms with Gasteiger partial charge in [0.05, 0.1) is 11.9 Å². The Kier molecular flexibility index (Phi) is 2.74. The lowest BCUT2D eigenvalue weighted by Crippen LogP contribution is -3.01. The van der Waals surface area contributed by atoms with E-state index in [1.165, 1.54) is 6.20 Å². The molecule has 0 saturated heterocycles. The zero-order valence-electron chi connectivity index (χ0n) is 10.4. The molecule has 4 nitrogen and oxygen atoms in total. The largest absolute Gasteiger partial charge is 0.624 e. The smallest absolute Gasteiger partial charge is 0.283 e. The number of hydroxylamine groups is 2.